The fraction of sp³-hybridized carbons (Fsp3) is 0.435. The number of thiophene rings is 1. The molecule has 0 aliphatic rings. The first-order valence-electron chi connectivity index (χ1n) is 10.1. The molecule has 30 heavy (non-hydrogen) atoms. The number of nitrogens with one attached hydrogen (secondary N) is 2. The molecular formula is C23H31N3O3S. The molecule has 0 bridgehead atoms. The second-order valence-electron chi connectivity index (χ2n) is 8.34. The van der Waals surface area contributed by atoms with Crippen molar-refractivity contribution in [2.45, 2.75) is 52.5 Å². The zero-order chi connectivity index (χ0) is 22.3. The van der Waals surface area contributed by atoms with Gasteiger partial charge in [-0.2, -0.15) is 0 Å². The normalized spacial score (nSPS) is 12.2. The molecule has 0 saturated heterocycles. The highest BCUT2D eigenvalue weighted by atomic mass is 32.1. The molecule has 1 aromatic carbocycles. The maximum Gasteiger partial charge on any atom is 0.261 e. The monoisotopic (exact) mass is 429 g/mol. The number of amides is 3. The second kappa shape index (κ2) is 10.4. The molecule has 0 radical (unpaired) electrons. The number of nitrogens with zero attached hydrogens (tertiary/aromatic N) is 1. The maximum absolute atomic E-state index is 12.9. The fourth-order valence-corrected chi connectivity index (χ4v) is 3.53. The van der Waals surface area contributed by atoms with Crippen LogP contribution in [-0.4, -0.2) is 36.3 Å². The van der Waals surface area contributed by atoms with E-state index in [1.807, 2.05) is 45.0 Å². The molecule has 3 amide bonds. The zero-order valence-electron chi connectivity index (χ0n) is 18.3. The van der Waals surface area contributed by atoms with Crippen LogP contribution >= 0.6 is 11.3 Å². The van der Waals surface area contributed by atoms with Gasteiger partial charge in [-0.3, -0.25) is 14.4 Å². The van der Waals surface area contributed by atoms with Crippen LogP contribution in [0.4, 0.5) is 5.69 Å². The average Bonchev–Trinajstić information content (AvgIpc) is 3.23. The summed E-state index contributed by atoms with van der Waals surface area (Å²) >= 11 is 1.31. The summed E-state index contributed by atoms with van der Waals surface area (Å²) in [4.78, 5) is 39.6. The van der Waals surface area contributed by atoms with E-state index < -0.39 is 5.54 Å². The molecule has 0 aliphatic heterocycles. The Labute approximate surface area is 182 Å². The summed E-state index contributed by atoms with van der Waals surface area (Å²) in [5.74, 6) is -0.492. The Bertz CT molecular complexity index is 855. The highest BCUT2D eigenvalue weighted by molar-refractivity contribution is 7.12. The topological polar surface area (TPSA) is 78.5 Å². The lowest BCUT2D eigenvalue weighted by molar-refractivity contribution is -0.124. The van der Waals surface area contributed by atoms with Gasteiger partial charge in [-0.05, 0) is 62.3 Å². The minimum Gasteiger partial charge on any atom is -0.350 e. The van der Waals surface area contributed by atoms with Gasteiger partial charge < -0.3 is 15.5 Å². The zero-order valence-corrected chi connectivity index (χ0v) is 19.1. The van der Waals surface area contributed by atoms with E-state index >= 15 is 0 Å². The van der Waals surface area contributed by atoms with Crippen molar-refractivity contribution in [2.24, 2.45) is 0 Å². The Hall–Kier alpha value is -2.67. The fourth-order valence-electron chi connectivity index (χ4n) is 2.89. The van der Waals surface area contributed by atoms with Crippen LogP contribution < -0.4 is 15.5 Å². The lowest BCUT2D eigenvalue weighted by Crippen LogP contribution is -2.49. The van der Waals surface area contributed by atoms with E-state index in [-0.39, 0.29) is 30.8 Å². The Morgan fingerprint density at radius 2 is 1.77 bits per heavy atom. The molecule has 0 spiro atoms. The Balaban J connectivity index is 2.16. The van der Waals surface area contributed by atoms with E-state index in [0.717, 1.165) is 6.42 Å². The minimum atomic E-state index is -0.403. The molecular weight excluding hydrogens is 398 g/mol. The molecule has 2 N–H and O–H groups in total. The summed E-state index contributed by atoms with van der Waals surface area (Å²) in [5.41, 5.74) is 1.40. The highest BCUT2D eigenvalue weighted by Crippen LogP contribution is 2.22. The van der Waals surface area contributed by atoms with E-state index in [0.29, 0.717) is 16.5 Å². The number of benzene rings is 1. The van der Waals surface area contributed by atoms with Crippen LogP contribution in [0.15, 0.2) is 41.8 Å². The van der Waals surface area contributed by atoms with E-state index in [1.54, 1.807) is 17.5 Å². The van der Waals surface area contributed by atoms with Gasteiger partial charge in [0.05, 0.1) is 11.4 Å². The third-order valence-corrected chi connectivity index (χ3v) is 5.52. The van der Waals surface area contributed by atoms with Crippen LogP contribution in [0.2, 0.25) is 0 Å². The van der Waals surface area contributed by atoms with Crippen molar-refractivity contribution < 1.29 is 14.4 Å². The number of hydrogen-bond donors (Lipinski definition) is 2. The molecule has 2 rings (SSSR count). The first-order valence-corrected chi connectivity index (χ1v) is 11.0. The standard InChI is InChI=1S/C23H31N3O3S/c1-6-16(2)17-9-11-18(12-10-17)26(15-20(27)25-23(3,4)5)21(28)14-24-22(29)19-8-7-13-30-19/h7-13,16H,6,14-15H2,1-5H3,(H,24,29)(H,25,27)/t16-/m1/s1. The molecule has 1 atom stereocenters. The number of carbonyl (C=O) groups is 3. The lowest BCUT2D eigenvalue weighted by atomic mass is 9.98. The van der Waals surface area contributed by atoms with Crippen LogP contribution in [0.25, 0.3) is 0 Å². The van der Waals surface area contributed by atoms with E-state index in [2.05, 4.69) is 24.5 Å². The SMILES string of the molecule is CC[C@@H](C)c1ccc(N(CC(=O)NC(C)(C)C)C(=O)CNC(=O)c2cccs2)cc1. The van der Waals surface area contributed by atoms with Gasteiger partial charge in [0.1, 0.15) is 6.54 Å². The van der Waals surface area contributed by atoms with Crippen LogP contribution in [0.1, 0.15) is 62.2 Å². The number of hydrogen-bond acceptors (Lipinski definition) is 4. The average molecular weight is 430 g/mol. The van der Waals surface area contributed by atoms with E-state index in [9.17, 15) is 14.4 Å². The van der Waals surface area contributed by atoms with Crippen molar-refractivity contribution >= 4 is 34.7 Å². The first-order chi connectivity index (χ1) is 14.1. The molecule has 162 valence electrons. The van der Waals surface area contributed by atoms with E-state index in [1.165, 1.54) is 21.8 Å². The molecule has 7 heteroatoms. The summed E-state index contributed by atoms with van der Waals surface area (Å²) in [6.45, 7) is 9.63. The lowest BCUT2D eigenvalue weighted by Gasteiger charge is -2.26. The summed E-state index contributed by atoms with van der Waals surface area (Å²) in [6.07, 6.45) is 1.02. The van der Waals surface area contributed by atoms with Gasteiger partial charge in [0.25, 0.3) is 5.91 Å². The maximum atomic E-state index is 12.9. The summed E-state index contributed by atoms with van der Waals surface area (Å²) in [6, 6.07) is 11.1. The van der Waals surface area contributed by atoms with Crippen molar-refractivity contribution in [1.82, 2.24) is 10.6 Å². The number of anilines is 1. The van der Waals surface area contributed by atoms with Gasteiger partial charge in [-0.15, -0.1) is 11.3 Å². The second-order valence-corrected chi connectivity index (χ2v) is 9.29. The summed E-state index contributed by atoms with van der Waals surface area (Å²) in [5, 5.41) is 7.33. The van der Waals surface area contributed by atoms with Crippen molar-refractivity contribution in [3.8, 4) is 0 Å². The molecule has 0 fully saturated rings. The predicted molar refractivity (Wildman–Crippen MR) is 122 cm³/mol. The van der Waals surface area contributed by atoms with Gasteiger partial charge >= 0.3 is 0 Å². The largest absolute Gasteiger partial charge is 0.350 e. The van der Waals surface area contributed by atoms with Gasteiger partial charge in [0, 0.05) is 11.2 Å². The molecule has 0 unspecified atom stereocenters. The van der Waals surface area contributed by atoms with Crippen molar-refractivity contribution in [3.63, 3.8) is 0 Å². The van der Waals surface area contributed by atoms with Gasteiger partial charge in [-0.1, -0.05) is 32.0 Å². The first kappa shape index (κ1) is 23.6. The van der Waals surface area contributed by atoms with Crippen LogP contribution in [0.3, 0.4) is 0 Å². The van der Waals surface area contributed by atoms with Gasteiger partial charge in [-0.25, -0.2) is 0 Å². The Kier molecular flexibility index (Phi) is 8.17. The predicted octanol–water partition coefficient (Wildman–Crippen LogP) is 3.94. The third kappa shape index (κ3) is 6.99. The highest BCUT2D eigenvalue weighted by Gasteiger charge is 2.23. The quantitative estimate of drug-likeness (QED) is 0.667. The van der Waals surface area contributed by atoms with Crippen LogP contribution in [-0.2, 0) is 9.59 Å². The van der Waals surface area contributed by atoms with Gasteiger partial charge in [0.2, 0.25) is 11.8 Å². The third-order valence-electron chi connectivity index (χ3n) is 4.65. The molecule has 1 heterocycles. The molecule has 6 nitrogen and oxygen atoms in total. The summed E-state index contributed by atoms with van der Waals surface area (Å²) in [7, 11) is 0. The minimum absolute atomic E-state index is 0.117. The van der Waals surface area contributed by atoms with Crippen LogP contribution in [0.5, 0.6) is 0 Å². The van der Waals surface area contributed by atoms with Gasteiger partial charge in [0.15, 0.2) is 0 Å². The number of carbonyl (C=O) groups excluding carboxylic acids is 3. The molecule has 1 aromatic heterocycles. The molecule has 0 saturated carbocycles. The van der Waals surface area contributed by atoms with Crippen molar-refractivity contribution in [2.75, 3.05) is 18.0 Å². The summed E-state index contributed by atoms with van der Waals surface area (Å²) < 4.78 is 0. The van der Waals surface area contributed by atoms with Crippen LogP contribution in [0, 0.1) is 0 Å². The van der Waals surface area contributed by atoms with Crippen molar-refractivity contribution in [1.29, 1.82) is 0 Å². The van der Waals surface area contributed by atoms with E-state index in [4.69, 9.17) is 0 Å². The molecule has 0 aliphatic carbocycles. The molecule has 2 aromatic rings. The van der Waals surface area contributed by atoms with Crippen molar-refractivity contribution in [3.05, 3.63) is 52.2 Å². The number of rotatable bonds is 8. The Morgan fingerprint density at radius 3 is 2.30 bits per heavy atom. The Morgan fingerprint density at radius 1 is 1.10 bits per heavy atom. The smallest absolute Gasteiger partial charge is 0.261 e.